The lowest BCUT2D eigenvalue weighted by Crippen LogP contribution is -2.27. The van der Waals surface area contributed by atoms with Gasteiger partial charge in [0.1, 0.15) is 11.4 Å². The Morgan fingerprint density at radius 3 is 2.50 bits per heavy atom. The molecule has 0 aliphatic heterocycles. The fourth-order valence-corrected chi connectivity index (χ4v) is 2.43. The van der Waals surface area contributed by atoms with Crippen LogP contribution in [0.25, 0.3) is 0 Å². The third-order valence-electron chi connectivity index (χ3n) is 4.02. The third kappa shape index (κ3) is 6.19. The highest BCUT2D eigenvalue weighted by molar-refractivity contribution is 5.92. The molecule has 142 valence electrons. The van der Waals surface area contributed by atoms with Gasteiger partial charge in [-0.05, 0) is 56.2 Å². The largest absolute Gasteiger partial charge is 0.471 e. The molecule has 26 heavy (non-hydrogen) atoms. The van der Waals surface area contributed by atoms with Crippen molar-refractivity contribution in [2.75, 3.05) is 27.2 Å². The van der Waals surface area contributed by atoms with Gasteiger partial charge in [0.15, 0.2) is 6.73 Å². The van der Waals surface area contributed by atoms with Gasteiger partial charge in [0.25, 0.3) is 5.91 Å². The normalized spacial score (nSPS) is 11.6. The van der Waals surface area contributed by atoms with Gasteiger partial charge < -0.3 is 15.0 Å². The Kier molecular flexibility index (Phi) is 6.80. The molecule has 0 bridgehead atoms. The number of nitrogens with one attached hydrogen (secondary N) is 1. The van der Waals surface area contributed by atoms with Crippen molar-refractivity contribution in [2.45, 2.75) is 39.3 Å². The summed E-state index contributed by atoms with van der Waals surface area (Å²) in [6.07, 6.45) is 2.66. The van der Waals surface area contributed by atoms with Crippen molar-refractivity contribution in [1.29, 1.82) is 0 Å². The number of ether oxygens (including phenoxy) is 1. The van der Waals surface area contributed by atoms with E-state index in [1.54, 1.807) is 16.9 Å². The van der Waals surface area contributed by atoms with Gasteiger partial charge in [-0.15, -0.1) is 0 Å². The quantitative estimate of drug-likeness (QED) is 0.737. The highest BCUT2D eigenvalue weighted by atomic mass is 16.5. The Bertz CT molecular complexity index is 699. The van der Waals surface area contributed by atoms with E-state index in [0.29, 0.717) is 12.2 Å². The van der Waals surface area contributed by atoms with E-state index >= 15 is 0 Å². The van der Waals surface area contributed by atoms with Crippen LogP contribution in [0.4, 0.5) is 0 Å². The number of rotatable bonds is 8. The average molecular weight is 358 g/mol. The Balaban J connectivity index is 1.81. The zero-order chi connectivity index (χ0) is 19.2. The van der Waals surface area contributed by atoms with E-state index in [4.69, 9.17) is 4.74 Å². The van der Waals surface area contributed by atoms with E-state index in [-0.39, 0.29) is 18.1 Å². The first-order chi connectivity index (χ1) is 12.3. The van der Waals surface area contributed by atoms with Crippen molar-refractivity contribution in [2.24, 2.45) is 0 Å². The van der Waals surface area contributed by atoms with Crippen LogP contribution in [0.2, 0.25) is 0 Å². The number of carbonyl (C=O) groups excluding carboxylic acids is 1. The maximum Gasteiger partial charge on any atom is 0.271 e. The first kappa shape index (κ1) is 20.0. The molecule has 1 aromatic carbocycles. The molecule has 0 unspecified atom stereocenters. The van der Waals surface area contributed by atoms with Crippen LogP contribution in [0.1, 0.15) is 43.2 Å². The Morgan fingerprint density at radius 1 is 1.19 bits per heavy atom. The molecule has 6 heteroatoms. The van der Waals surface area contributed by atoms with E-state index in [2.05, 4.69) is 48.2 Å². The fraction of sp³-hybridized carbons (Fsp3) is 0.500. The van der Waals surface area contributed by atoms with Gasteiger partial charge in [-0.2, -0.15) is 5.10 Å². The van der Waals surface area contributed by atoms with Gasteiger partial charge in [0.05, 0.1) is 0 Å². The summed E-state index contributed by atoms with van der Waals surface area (Å²) >= 11 is 0. The lowest BCUT2D eigenvalue weighted by atomic mass is 9.87. The minimum absolute atomic E-state index is 0.120. The number of nitrogens with zero attached hydrogens (tertiary/aromatic N) is 3. The summed E-state index contributed by atoms with van der Waals surface area (Å²) in [5.41, 5.74) is 1.79. The molecule has 0 radical (unpaired) electrons. The van der Waals surface area contributed by atoms with Gasteiger partial charge in [-0.1, -0.05) is 32.9 Å². The van der Waals surface area contributed by atoms with Crippen LogP contribution in [-0.2, 0) is 12.1 Å². The van der Waals surface area contributed by atoms with Crippen molar-refractivity contribution < 1.29 is 9.53 Å². The zero-order valence-electron chi connectivity index (χ0n) is 16.5. The first-order valence-corrected chi connectivity index (χ1v) is 8.95. The van der Waals surface area contributed by atoms with Gasteiger partial charge in [-0.3, -0.25) is 4.79 Å². The van der Waals surface area contributed by atoms with E-state index in [1.165, 1.54) is 5.56 Å². The van der Waals surface area contributed by atoms with Crippen LogP contribution in [0.3, 0.4) is 0 Å². The summed E-state index contributed by atoms with van der Waals surface area (Å²) in [6, 6.07) is 9.77. The molecule has 0 saturated heterocycles. The molecule has 0 aliphatic rings. The van der Waals surface area contributed by atoms with Crippen LogP contribution < -0.4 is 10.1 Å². The Labute approximate surface area is 156 Å². The van der Waals surface area contributed by atoms with Crippen LogP contribution in [0, 0.1) is 0 Å². The van der Waals surface area contributed by atoms with Gasteiger partial charge >= 0.3 is 0 Å². The Hall–Kier alpha value is -2.34. The molecule has 1 N–H and O–H groups in total. The summed E-state index contributed by atoms with van der Waals surface area (Å²) in [6.45, 7) is 8.39. The summed E-state index contributed by atoms with van der Waals surface area (Å²) in [5.74, 6) is 0.625. The standard InChI is InChI=1S/C20H30N4O2/c1-20(2,3)16-7-9-17(10-8-16)26-15-24-14-11-18(22-24)19(25)21-12-6-13-23(4)5/h7-11,14H,6,12-13,15H2,1-5H3,(H,21,25). The SMILES string of the molecule is CN(C)CCCNC(=O)c1ccn(COc2ccc(C(C)(C)C)cc2)n1. The number of amides is 1. The second kappa shape index (κ2) is 8.85. The highest BCUT2D eigenvalue weighted by Gasteiger charge is 2.13. The molecule has 1 aromatic heterocycles. The zero-order valence-corrected chi connectivity index (χ0v) is 16.5. The summed E-state index contributed by atoms with van der Waals surface area (Å²) in [5, 5.41) is 7.14. The van der Waals surface area contributed by atoms with E-state index < -0.39 is 0 Å². The topological polar surface area (TPSA) is 59.4 Å². The van der Waals surface area contributed by atoms with Gasteiger partial charge in [0.2, 0.25) is 0 Å². The molecular formula is C20H30N4O2. The summed E-state index contributed by atoms with van der Waals surface area (Å²) < 4.78 is 7.36. The monoisotopic (exact) mass is 358 g/mol. The second-order valence-corrected chi connectivity index (χ2v) is 7.70. The molecule has 0 spiro atoms. The van der Waals surface area contributed by atoms with Crippen LogP contribution in [-0.4, -0.2) is 47.8 Å². The number of hydrogen-bond acceptors (Lipinski definition) is 4. The maximum atomic E-state index is 12.1. The average Bonchev–Trinajstić information content (AvgIpc) is 3.05. The molecule has 2 rings (SSSR count). The minimum Gasteiger partial charge on any atom is -0.471 e. The summed E-state index contributed by atoms with van der Waals surface area (Å²) in [4.78, 5) is 14.2. The van der Waals surface area contributed by atoms with E-state index in [0.717, 1.165) is 18.7 Å². The van der Waals surface area contributed by atoms with Crippen molar-refractivity contribution in [3.05, 3.63) is 47.8 Å². The Morgan fingerprint density at radius 2 is 1.88 bits per heavy atom. The van der Waals surface area contributed by atoms with Crippen molar-refractivity contribution in [3.63, 3.8) is 0 Å². The number of carbonyl (C=O) groups is 1. The molecule has 0 aliphatic carbocycles. The van der Waals surface area contributed by atoms with Gasteiger partial charge in [-0.25, -0.2) is 4.68 Å². The molecule has 0 atom stereocenters. The van der Waals surface area contributed by atoms with Crippen LogP contribution >= 0.6 is 0 Å². The maximum absolute atomic E-state index is 12.1. The smallest absolute Gasteiger partial charge is 0.271 e. The summed E-state index contributed by atoms with van der Waals surface area (Å²) in [7, 11) is 4.03. The molecule has 0 saturated carbocycles. The molecular weight excluding hydrogens is 328 g/mol. The van der Waals surface area contributed by atoms with Crippen molar-refractivity contribution >= 4 is 5.91 Å². The third-order valence-corrected chi connectivity index (χ3v) is 4.02. The van der Waals surface area contributed by atoms with E-state index in [9.17, 15) is 4.79 Å². The number of benzene rings is 1. The molecule has 0 fully saturated rings. The predicted molar refractivity (Wildman–Crippen MR) is 104 cm³/mol. The van der Waals surface area contributed by atoms with Gasteiger partial charge in [0, 0.05) is 12.7 Å². The highest BCUT2D eigenvalue weighted by Crippen LogP contribution is 2.24. The molecule has 1 amide bonds. The first-order valence-electron chi connectivity index (χ1n) is 8.95. The molecule has 2 aromatic rings. The molecule has 6 nitrogen and oxygen atoms in total. The number of aromatic nitrogens is 2. The fourth-order valence-electron chi connectivity index (χ4n) is 2.43. The van der Waals surface area contributed by atoms with Crippen molar-refractivity contribution in [3.8, 4) is 5.75 Å². The van der Waals surface area contributed by atoms with Crippen LogP contribution in [0.5, 0.6) is 5.75 Å². The predicted octanol–water partition coefficient (Wildman–Crippen LogP) is 2.90. The minimum atomic E-state index is -0.156. The lowest BCUT2D eigenvalue weighted by Gasteiger charge is -2.19. The second-order valence-electron chi connectivity index (χ2n) is 7.70. The van der Waals surface area contributed by atoms with E-state index in [1.807, 2.05) is 26.2 Å². The van der Waals surface area contributed by atoms with Crippen LogP contribution in [0.15, 0.2) is 36.5 Å². The molecule has 1 heterocycles. The lowest BCUT2D eigenvalue weighted by molar-refractivity contribution is 0.0945. The van der Waals surface area contributed by atoms with Crippen molar-refractivity contribution in [1.82, 2.24) is 20.0 Å². The number of hydrogen-bond donors (Lipinski definition) is 1.